The second-order valence-electron chi connectivity index (χ2n) is 5.53. The predicted molar refractivity (Wildman–Crippen MR) is 81.1 cm³/mol. The Kier molecular flexibility index (Phi) is 4.15. The maximum atomic E-state index is 5.53. The Labute approximate surface area is 115 Å². The van der Waals surface area contributed by atoms with E-state index in [-0.39, 0.29) is 0 Å². The summed E-state index contributed by atoms with van der Waals surface area (Å²) in [7, 11) is 3.91. The fraction of sp³-hybridized carbons (Fsp3) is 0.500. The third-order valence-corrected chi connectivity index (χ3v) is 3.80. The van der Waals surface area contributed by atoms with E-state index in [9.17, 15) is 0 Å². The number of fused-ring (bicyclic) bond motifs is 1. The van der Waals surface area contributed by atoms with Gasteiger partial charge in [-0.25, -0.2) is 0 Å². The molecular formula is C16H24N2O. The van der Waals surface area contributed by atoms with Crippen LogP contribution in [0, 0.1) is 6.92 Å². The van der Waals surface area contributed by atoms with Gasteiger partial charge >= 0.3 is 0 Å². The molecule has 1 aromatic heterocycles. The van der Waals surface area contributed by atoms with Crippen molar-refractivity contribution in [1.82, 2.24) is 9.88 Å². The van der Waals surface area contributed by atoms with Gasteiger partial charge in [-0.15, -0.1) is 0 Å². The zero-order valence-electron chi connectivity index (χ0n) is 12.6. The summed E-state index contributed by atoms with van der Waals surface area (Å²) in [5.41, 5.74) is 3.72. The number of likely N-dealkylation sites (N-methyl/N-ethyl adjacent to an activating group) is 1. The van der Waals surface area contributed by atoms with Crippen LogP contribution in [0.25, 0.3) is 10.9 Å². The molecule has 1 N–H and O–H groups in total. The van der Waals surface area contributed by atoms with Crippen molar-refractivity contribution in [2.75, 3.05) is 20.7 Å². The maximum absolute atomic E-state index is 5.53. The minimum atomic E-state index is 0.578. The van der Waals surface area contributed by atoms with Crippen molar-refractivity contribution in [1.29, 1.82) is 0 Å². The second kappa shape index (κ2) is 5.66. The second-order valence-corrected chi connectivity index (χ2v) is 5.53. The number of aryl methyl sites for hydroxylation is 1. The van der Waals surface area contributed by atoms with Crippen LogP contribution in [0.3, 0.4) is 0 Å². The molecule has 0 spiro atoms. The Morgan fingerprint density at radius 2 is 2.05 bits per heavy atom. The molecule has 0 fully saturated rings. The number of benzene rings is 1. The molecule has 0 aliphatic rings. The van der Waals surface area contributed by atoms with Gasteiger partial charge in [0.2, 0.25) is 0 Å². The van der Waals surface area contributed by atoms with E-state index in [0.717, 1.165) is 18.7 Å². The molecule has 3 nitrogen and oxygen atoms in total. The Balaban J connectivity index is 2.29. The summed E-state index contributed by atoms with van der Waals surface area (Å²) < 4.78 is 5.53. The van der Waals surface area contributed by atoms with Crippen LogP contribution in [-0.4, -0.2) is 36.6 Å². The first-order valence-corrected chi connectivity index (χ1v) is 6.87. The van der Waals surface area contributed by atoms with E-state index in [4.69, 9.17) is 4.74 Å². The summed E-state index contributed by atoms with van der Waals surface area (Å²) in [6.07, 6.45) is 3.15. The number of nitrogens with zero attached hydrogens (tertiary/aromatic N) is 1. The number of hydrogen-bond donors (Lipinski definition) is 1. The highest BCUT2D eigenvalue weighted by Gasteiger charge is 2.11. The fourth-order valence-electron chi connectivity index (χ4n) is 2.35. The van der Waals surface area contributed by atoms with Crippen LogP contribution in [0.5, 0.6) is 5.75 Å². The lowest BCUT2D eigenvalue weighted by Crippen LogP contribution is -2.28. The molecule has 0 aliphatic carbocycles. The molecule has 0 unspecified atom stereocenters. The van der Waals surface area contributed by atoms with Gasteiger partial charge in [0.25, 0.3) is 0 Å². The monoisotopic (exact) mass is 260 g/mol. The fourth-order valence-corrected chi connectivity index (χ4v) is 2.35. The van der Waals surface area contributed by atoms with E-state index in [2.05, 4.69) is 56.0 Å². The lowest BCUT2D eigenvalue weighted by atomic mass is 10.1. The van der Waals surface area contributed by atoms with Gasteiger partial charge in [-0.2, -0.15) is 0 Å². The smallest absolute Gasteiger partial charge is 0.128 e. The van der Waals surface area contributed by atoms with E-state index < -0.39 is 0 Å². The van der Waals surface area contributed by atoms with Crippen LogP contribution in [-0.2, 0) is 6.42 Å². The summed E-state index contributed by atoms with van der Waals surface area (Å²) in [6.45, 7) is 7.59. The first-order chi connectivity index (χ1) is 9.02. The normalized spacial score (nSPS) is 11.7. The largest absolute Gasteiger partial charge is 0.496 e. The zero-order chi connectivity index (χ0) is 14.0. The van der Waals surface area contributed by atoms with Crippen LogP contribution >= 0.6 is 0 Å². The number of methoxy groups -OCH3 is 1. The lowest BCUT2D eigenvalue weighted by molar-refractivity contribution is 0.277. The number of nitrogens with one attached hydrogen (secondary N) is 1. The van der Waals surface area contributed by atoms with Crippen molar-refractivity contribution in [3.05, 3.63) is 29.5 Å². The summed E-state index contributed by atoms with van der Waals surface area (Å²) in [4.78, 5) is 5.72. The van der Waals surface area contributed by atoms with Gasteiger partial charge in [-0.1, -0.05) is 0 Å². The molecule has 0 bridgehead atoms. The molecule has 3 heteroatoms. The van der Waals surface area contributed by atoms with Crippen molar-refractivity contribution < 1.29 is 4.74 Å². The molecule has 2 aromatic rings. The Hall–Kier alpha value is -1.48. The third-order valence-electron chi connectivity index (χ3n) is 3.80. The SMILES string of the molecule is COc1cc(C)cc2[nH]cc(CCN(C)C(C)C)c12. The van der Waals surface area contributed by atoms with E-state index in [1.165, 1.54) is 22.0 Å². The van der Waals surface area contributed by atoms with E-state index in [1.54, 1.807) is 7.11 Å². The molecule has 0 amide bonds. The maximum Gasteiger partial charge on any atom is 0.128 e. The molecular weight excluding hydrogens is 236 g/mol. The molecule has 0 radical (unpaired) electrons. The predicted octanol–water partition coefficient (Wildman–Crippen LogP) is 3.37. The highest BCUT2D eigenvalue weighted by atomic mass is 16.5. The van der Waals surface area contributed by atoms with Gasteiger partial charge in [0.1, 0.15) is 5.75 Å². The van der Waals surface area contributed by atoms with Crippen molar-refractivity contribution >= 4 is 10.9 Å². The van der Waals surface area contributed by atoms with Gasteiger partial charge < -0.3 is 14.6 Å². The number of H-pyrrole nitrogens is 1. The van der Waals surface area contributed by atoms with Crippen molar-refractivity contribution in [3.8, 4) is 5.75 Å². The number of aromatic amines is 1. The van der Waals surface area contributed by atoms with Crippen LogP contribution in [0.2, 0.25) is 0 Å². The number of aromatic nitrogens is 1. The molecule has 0 saturated heterocycles. The summed E-state index contributed by atoms with van der Waals surface area (Å²) in [5.74, 6) is 0.971. The average Bonchev–Trinajstić information content (AvgIpc) is 2.77. The molecule has 0 saturated carbocycles. The van der Waals surface area contributed by atoms with Gasteiger partial charge in [0.05, 0.1) is 7.11 Å². The van der Waals surface area contributed by atoms with Crippen molar-refractivity contribution in [2.45, 2.75) is 33.2 Å². The molecule has 0 atom stereocenters. The van der Waals surface area contributed by atoms with E-state index in [0.29, 0.717) is 6.04 Å². The topological polar surface area (TPSA) is 28.3 Å². The van der Waals surface area contributed by atoms with E-state index >= 15 is 0 Å². The molecule has 104 valence electrons. The van der Waals surface area contributed by atoms with Crippen molar-refractivity contribution in [2.24, 2.45) is 0 Å². The Bertz CT molecular complexity index is 557. The van der Waals surface area contributed by atoms with E-state index in [1.807, 2.05) is 0 Å². The number of hydrogen-bond acceptors (Lipinski definition) is 2. The minimum Gasteiger partial charge on any atom is -0.496 e. The highest BCUT2D eigenvalue weighted by Crippen LogP contribution is 2.30. The van der Waals surface area contributed by atoms with Crippen molar-refractivity contribution in [3.63, 3.8) is 0 Å². The third kappa shape index (κ3) is 2.92. The first-order valence-electron chi connectivity index (χ1n) is 6.87. The summed E-state index contributed by atoms with van der Waals surface area (Å²) in [6, 6.07) is 4.86. The van der Waals surface area contributed by atoms with Crippen LogP contribution in [0.15, 0.2) is 18.3 Å². The average molecular weight is 260 g/mol. The van der Waals surface area contributed by atoms with Crippen LogP contribution < -0.4 is 4.74 Å². The molecule has 0 aliphatic heterocycles. The Morgan fingerprint density at radius 3 is 2.68 bits per heavy atom. The minimum absolute atomic E-state index is 0.578. The summed E-state index contributed by atoms with van der Waals surface area (Å²) in [5, 5.41) is 1.23. The number of rotatable bonds is 5. The number of ether oxygens (including phenoxy) is 1. The quantitative estimate of drug-likeness (QED) is 0.892. The van der Waals surface area contributed by atoms with Crippen LogP contribution in [0.4, 0.5) is 0 Å². The van der Waals surface area contributed by atoms with Gasteiger partial charge in [-0.05, 0) is 57.5 Å². The molecule has 19 heavy (non-hydrogen) atoms. The lowest BCUT2D eigenvalue weighted by Gasteiger charge is -2.20. The standard InChI is InChI=1S/C16H24N2O/c1-11(2)18(4)7-6-13-10-17-14-8-12(3)9-15(19-5)16(13)14/h8-11,17H,6-7H2,1-5H3. The molecule has 1 aromatic carbocycles. The Morgan fingerprint density at radius 1 is 1.32 bits per heavy atom. The summed E-state index contributed by atoms with van der Waals surface area (Å²) >= 11 is 0. The van der Waals surface area contributed by atoms with Gasteiger partial charge in [0, 0.05) is 29.7 Å². The molecule has 1 heterocycles. The van der Waals surface area contributed by atoms with Gasteiger partial charge in [-0.3, -0.25) is 0 Å². The van der Waals surface area contributed by atoms with Gasteiger partial charge in [0.15, 0.2) is 0 Å². The first kappa shape index (κ1) is 13.9. The molecule has 2 rings (SSSR count). The van der Waals surface area contributed by atoms with Crippen LogP contribution in [0.1, 0.15) is 25.0 Å². The zero-order valence-corrected chi connectivity index (χ0v) is 12.6. The highest BCUT2D eigenvalue weighted by molar-refractivity contribution is 5.90.